The average molecular weight is 180 g/mol. The van der Waals surface area contributed by atoms with Gasteiger partial charge in [-0.2, -0.15) is 5.26 Å². The SMILES string of the molecule is CN(C)C(C1CCC1)C(C)(C)C#N. The third kappa shape index (κ3) is 2.03. The van der Waals surface area contributed by atoms with E-state index in [-0.39, 0.29) is 5.41 Å². The topological polar surface area (TPSA) is 27.0 Å². The first kappa shape index (κ1) is 10.5. The lowest BCUT2D eigenvalue weighted by molar-refractivity contribution is 0.0717. The smallest absolute Gasteiger partial charge is 0.0700 e. The minimum atomic E-state index is -0.214. The molecule has 1 saturated carbocycles. The van der Waals surface area contributed by atoms with Crippen LogP contribution < -0.4 is 0 Å². The van der Waals surface area contributed by atoms with Crippen molar-refractivity contribution in [3.05, 3.63) is 0 Å². The summed E-state index contributed by atoms with van der Waals surface area (Å²) in [5.41, 5.74) is -0.214. The van der Waals surface area contributed by atoms with Gasteiger partial charge in [-0.1, -0.05) is 6.42 Å². The molecule has 74 valence electrons. The van der Waals surface area contributed by atoms with Gasteiger partial charge in [-0.25, -0.2) is 0 Å². The molecule has 0 saturated heterocycles. The summed E-state index contributed by atoms with van der Waals surface area (Å²) in [7, 11) is 4.17. The predicted octanol–water partition coefficient (Wildman–Crippen LogP) is 2.27. The maximum Gasteiger partial charge on any atom is 0.0700 e. The number of hydrogen-bond acceptors (Lipinski definition) is 2. The molecule has 1 aliphatic rings. The van der Waals surface area contributed by atoms with Crippen LogP contribution in [0.2, 0.25) is 0 Å². The lowest BCUT2D eigenvalue weighted by Crippen LogP contribution is -2.48. The van der Waals surface area contributed by atoms with E-state index in [1.807, 2.05) is 0 Å². The van der Waals surface area contributed by atoms with Crippen molar-refractivity contribution in [3.63, 3.8) is 0 Å². The molecule has 1 unspecified atom stereocenters. The van der Waals surface area contributed by atoms with Crippen LogP contribution in [0.25, 0.3) is 0 Å². The predicted molar refractivity (Wildman–Crippen MR) is 54.2 cm³/mol. The standard InChI is InChI=1S/C11H20N2/c1-11(2,8-12)10(13(3)4)9-6-5-7-9/h9-10H,5-7H2,1-4H3. The zero-order valence-corrected chi connectivity index (χ0v) is 9.17. The maximum atomic E-state index is 9.11. The van der Waals surface area contributed by atoms with Crippen molar-refractivity contribution in [3.8, 4) is 6.07 Å². The van der Waals surface area contributed by atoms with E-state index >= 15 is 0 Å². The van der Waals surface area contributed by atoms with Crippen LogP contribution in [-0.2, 0) is 0 Å². The Balaban J connectivity index is 2.73. The molecule has 2 nitrogen and oxygen atoms in total. The molecule has 1 rings (SSSR count). The fraction of sp³-hybridized carbons (Fsp3) is 0.909. The van der Waals surface area contributed by atoms with E-state index in [4.69, 9.17) is 5.26 Å². The molecule has 0 aromatic heterocycles. The van der Waals surface area contributed by atoms with Crippen LogP contribution >= 0.6 is 0 Å². The highest BCUT2D eigenvalue weighted by Crippen LogP contribution is 2.39. The van der Waals surface area contributed by atoms with E-state index in [0.29, 0.717) is 6.04 Å². The summed E-state index contributed by atoms with van der Waals surface area (Å²) in [6, 6.07) is 2.85. The Kier molecular flexibility index (Phi) is 2.98. The third-order valence-corrected chi connectivity index (χ3v) is 3.18. The normalized spacial score (nSPS) is 20.9. The Morgan fingerprint density at radius 3 is 2.15 bits per heavy atom. The zero-order chi connectivity index (χ0) is 10.1. The summed E-state index contributed by atoms with van der Waals surface area (Å²) in [6.45, 7) is 4.10. The summed E-state index contributed by atoms with van der Waals surface area (Å²) < 4.78 is 0. The molecule has 0 bridgehead atoms. The molecule has 0 amide bonds. The molecule has 0 heterocycles. The first-order valence-corrected chi connectivity index (χ1v) is 5.06. The van der Waals surface area contributed by atoms with Crippen molar-refractivity contribution in [2.75, 3.05) is 14.1 Å². The molecule has 1 aliphatic carbocycles. The highest BCUT2D eigenvalue weighted by atomic mass is 15.1. The van der Waals surface area contributed by atoms with Gasteiger partial charge in [0.2, 0.25) is 0 Å². The molecular weight excluding hydrogens is 160 g/mol. The van der Waals surface area contributed by atoms with Gasteiger partial charge in [-0.05, 0) is 46.7 Å². The highest BCUT2D eigenvalue weighted by Gasteiger charge is 2.39. The van der Waals surface area contributed by atoms with Crippen LogP contribution in [0.15, 0.2) is 0 Å². The van der Waals surface area contributed by atoms with Gasteiger partial charge >= 0.3 is 0 Å². The van der Waals surface area contributed by atoms with E-state index in [2.05, 4.69) is 38.9 Å². The van der Waals surface area contributed by atoms with E-state index in [0.717, 1.165) is 5.92 Å². The van der Waals surface area contributed by atoms with Gasteiger partial charge in [0, 0.05) is 6.04 Å². The second-order valence-electron chi connectivity index (χ2n) is 4.93. The minimum Gasteiger partial charge on any atom is -0.305 e. The summed E-state index contributed by atoms with van der Waals surface area (Å²) in [5, 5.41) is 9.11. The summed E-state index contributed by atoms with van der Waals surface area (Å²) >= 11 is 0. The fourth-order valence-electron chi connectivity index (χ4n) is 2.48. The zero-order valence-electron chi connectivity index (χ0n) is 9.17. The van der Waals surface area contributed by atoms with Crippen molar-refractivity contribution in [2.24, 2.45) is 11.3 Å². The summed E-state index contributed by atoms with van der Waals surface area (Å²) in [5.74, 6) is 0.740. The number of nitriles is 1. The number of hydrogen-bond donors (Lipinski definition) is 0. The lowest BCUT2D eigenvalue weighted by atomic mass is 9.69. The van der Waals surface area contributed by atoms with E-state index in [9.17, 15) is 0 Å². The molecule has 1 fully saturated rings. The molecule has 2 heteroatoms. The van der Waals surface area contributed by atoms with Gasteiger partial charge in [0.15, 0.2) is 0 Å². The first-order valence-electron chi connectivity index (χ1n) is 5.06. The average Bonchev–Trinajstić information content (AvgIpc) is 1.95. The molecule has 1 atom stereocenters. The fourth-order valence-corrected chi connectivity index (χ4v) is 2.48. The van der Waals surface area contributed by atoms with Gasteiger partial charge in [-0.15, -0.1) is 0 Å². The third-order valence-electron chi connectivity index (χ3n) is 3.18. The Morgan fingerprint density at radius 1 is 1.38 bits per heavy atom. The molecule has 0 N–H and O–H groups in total. The Morgan fingerprint density at radius 2 is 1.92 bits per heavy atom. The van der Waals surface area contributed by atoms with Crippen LogP contribution in [0, 0.1) is 22.7 Å². The van der Waals surface area contributed by atoms with Gasteiger partial charge in [-0.3, -0.25) is 0 Å². The molecule has 13 heavy (non-hydrogen) atoms. The molecule has 0 spiro atoms. The van der Waals surface area contributed by atoms with Crippen LogP contribution in [0.3, 0.4) is 0 Å². The monoisotopic (exact) mass is 180 g/mol. The highest BCUT2D eigenvalue weighted by molar-refractivity contribution is 5.04. The molecule has 0 aromatic rings. The van der Waals surface area contributed by atoms with E-state index < -0.39 is 0 Å². The second-order valence-corrected chi connectivity index (χ2v) is 4.93. The van der Waals surface area contributed by atoms with Crippen molar-refractivity contribution < 1.29 is 0 Å². The van der Waals surface area contributed by atoms with Crippen molar-refractivity contribution in [1.82, 2.24) is 4.90 Å². The minimum absolute atomic E-state index is 0.214. The Labute approximate surface area is 81.5 Å². The van der Waals surface area contributed by atoms with Crippen LogP contribution in [0.5, 0.6) is 0 Å². The quantitative estimate of drug-likeness (QED) is 0.666. The first-order chi connectivity index (χ1) is 5.99. The number of rotatable bonds is 3. The Hall–Kier alpha value is -0.550. The Bertz CT molecular complexity index is 209. The van der Waals surface area contributed by atoms with Gasteiger partial charge in [0.05, 0.1) is 11.5 Å². The summed E-state index contributed by atoms with van der Waals surface area (Å²) in [4.78, 5) is 2.22. The molecule has 0 aromatic carbocycles. The lowest BCUT2D eigenvalue weighted by Gasteiger charge is -2.43. The molecule has 0 aliphatic heterocycles. The largest absolute Gasteiger partial charge is 0.305 e. The van der Waals surface area contributed by atoms with Gasteiger partial charge in [0.25, 0.3) is 0 Å². The van der Waals surface area contributed by atoms with Gasteiger partial charge in [0.1, 0.15) is 0 Å². The van der Waals surface area contributed by atoms with Crippen molar-refractivity contribution >= 4 is 0 Å². The summed E-state index contributed by atoms with van der Waals surface area (Å²) in [6.07, 6.45) is 3.94. The molecular formula is C11H20N2. The maximum absolute atomic E-state index is 9.11. The van der Waals surface area contributed by atoms with E-state index in [1.165, 1.54) is 19.3 Å². The second kappa shape index (κ2) is 3.67. The van der Waals surface area contributed by atoms with Crippen molar-refractivity contribution in [1.29, 1.82) is 5.26 Å². The van der Waals surface area contributed by atoms with Gasteiger partial charge < -0.3 is 4.90 Å². The van der Waals surface area contributed by atoms with Crippen LogP contribution in [-0.4, -0.2) is 25.0 Å². The van der Waals surface area contributed by atoms with E-state index in [1.54, 1.807) is 0 Å². The van der Waals surface area contributed by atoms with Crippen LogP contribution in [0.4, 0.5) is 0 Å². The van der Waals surface area contributed by atoms with Crippen molar-refractivity contribution in [2.45, 2.75) is 39.2 Å². The molecule has 0 radical (unpaired) electrons. The van der Waals surface area contributed by atoms with Crippen LogP contribution in [0.1, 0.15) is 33.1 Å². The number of nitrogens with zero attached hydrogens (tertiary/aromatic N) is 2.